The number of aryl methyl sites for hydroxylation is 3. The van der Waals surface area contributed by atoms with Gasteiger partial charge in [0.2, 0.25) is 0 Å². The normalized spacial score (nSPS) is 15.1. The van der Waals surface area contributed by atoms with Crippen molar-refractivity contribution in [1.82, 2.24) is 9.38 Å². The smallest absolute Gasteiger partial charge is 0.303 e. The lowest BCUT2D eigenvalue weighted by Crippen LogP contribution is -2.07. The van der Waals surface area contributed by atoms with E-state index in [-0.39, 0.29) is 6.42 Å². The molecule has 1 N–H and O–H groups in total. The van der Waals surface area contributed by atoms with Crippen molar-refractivity contribution in [3.05, 3.63) is 22.6 Å². The quantitative estimate of drug-likeness (QED) is 0.909. The van der Waals surface area contributed by atoms with E-state index in [2.05, 4.69) is 9.38 Å². The molecule has 0 saturated heterocycles. The topological polar surface area (TPSA) is 54.6 Å². The maximum atomic E-state index is 10.6. The third-order valence-corrected chi connectivity index (χ3v) is 4.44. The van der Waals surface area contributed by atoms with Crippen LogP contribution in [0, 0.1) is 0 Å². The van der Waals surface area contributed by atoms with Gasteiger partial charge >= 0.3 is 5.97 Å². The Morgan fingerprint density at radius 1 is 1.47 bits per heavy atom. The molecule has 4 nitrogen and oxygen atoms in total. The second-order valence-electron chi connectivity index (χ2n) is 4.42. The first-order valence-electron chi connectivity index (χ1n) is 5.94. The summed E-state index contributed by atoms with van der Waals surface area (Å²) in [4.78, 5) is 17.6. The van der Waals surface area contributed by atoms with Gasteiger partial charge in [0.05, 0.1) is 12.6 Å². The highest BCUT2D eigenvalue weighted by atomic mass is 32.1. The molecule has 1 aliphatic carbocycles. The summed E-state index contributed by atoms with van der Waals surface area (Å²) in [6.07, 6.45) is 7.33. The van der Waals surface area contributed by atoms with E-state index in [1.54, 1.807) is 0 Å². The van der Waals surface area contributed by atoms with Gasteiger partial charge in [0, 0.05) is 17.0 Å². The van der Waals surface area contributed by atoms with Crippen LogP contribution in [0.2, 0.25) is 0 Å². The largest absolute Gasteiger partial charge is 0.481 e. The van der Waals surface area contributed by atoms with E-state index in [1.807, 2.05) is 17.5 Å². The zero-order chi connectivity index (χ0) is 11.8. The summed E-state index contributed by atoms with van der Waals surface area (Å²) >= 11 is 1.81. The molecule has 0 saturated carbocycles. The van der Waals surface area contributed by atoms with Gasteiger partial charge in [-0.2, -0.15) is 0 Å². The average Bonchev–Trinajstić information content (AvgIpc) is 2.84. The van der Waals surface area contributed by atoms with E-state index in [4.69, 9.17) is 5.11 Å². The van der Waals surface area contributed by atoms with Gasteiger partial charge in [-0.1, -0.05) is 0 Å². The van der Waals surface area contributed by atoms with Gasteiger partial charge in [0.15, 0.2) is 0 Å². The number of aromatic nitrogens is 2. The lowest BCUT2D eigenvalue weighted by Gasteiger charge is -2.11. The first-order valence-corrected chi connectivity index (χ1v) is 6.76. The summed E-state index contributed by atoms with van der Waals surface area (Å²) < 4.78 is 2.18. The Bertz CT molecular complexity index is 570. The predicted molar refractivity (Wildman–Crippen MR) is 65.7 cm³/mol. The van der Waals surface area contributed by atoms with Gasteiger partial charge in [-0.05, 0) is 25.7 Å². The number of hydrogen-bond donors (Lipinski definition) is 1. The van der Waals surface area contributed by atoms with Crippen LogP contribution in [0.5, 0.6) is 0 Å². The fraction of sp³-hybridized carbons (Fsp3) is 0.500. The van der Waals surface area contributed by atoms with Crippen LogP contribution in [0.3, 0.4) is 0 Å². The number of carboxylic acid groups (broad SMARTS) is 1. The number of carbonyl (C=O) groups is 1. The van der Waals surface area contributed by atoms with Crippen molar-refractivity contribution in [1.29, 1.82) is 0 Å². The Morgan fingerprint density at radius 3 is 3.12 bits per heavy atom. The van der Waals surface area contributed by atoms with Gasteiger partial charge in [0.25, 0.3) is 0 Å². The third kappa shape index (κ3) is 1.84. The van der Waals surface area contributed by atoms with Gasteiger partial charge in [-0.3, -0.25) is 9.20 Å². The molecular weight excluding hydrogens is 236 g/mol. The predicted octanol–water partition coefficient (Wildman–Crippen LogP) is 2.29. The zero-order valence-corrected chi connectivity index (χ0v) is 10.3. The Hall–Kier alpha value is -1.36. The number of thiazole rings is 1. The monoisotopic (exact) mass is 250 g/mol. The Morgan fingerprint density at radius 2 is 2.29 bits per heavy atom. The second-order valence-corrected chi connectivity index (χ2v) is 5.54. The Labute approximate surface area is 103 Å². The van der Waals surface area contributed by atoms with Crippen LogP contribution in [-0.2, 0) is 24.1 Å². The van der Waals surface area contributed by atoms with Crippen LogP contribution in [0.4, 0.5) is 0 Å². The molecule has 90 valence electrons. The van der Waals surface area contributed by atoms with Crippen molar-refractivity contribution in [3.8, 4) is 0 Å². The van der Waals surface area contributed by atoms with Crippen LogP contribution in [-0.4, -0.2) is 20.5 Å². The van der Waals surface area contributed by atoms with Gasteiger partial charge in [-0.25, -0.2) is 4.98 Å². The summed E-state index contributed by atoms with van der Waals surface area (Å²) in [7, 11) is 0. The Kier molecular flexibility index (Phi) is 2.63. The average molecular weight is 250 g/mol. The zero-order valence-electron chi connectivity index (χ0n) is 9.48. The van der Waals surface area contributed by atoms with Gasteiger partial charge < -0.3 is 5.11 Å². The van der Waals surface area contributed by atoms with Crippen molar-refractivity contribution < 1.29 is 9.90 Å². The van der Waals surface area contributed by atoms with Crippen LogP contribution in [0.25, 0.3) is 4.83 Å². The Balaban J connectivity index is 2.01. The van der Waals surface area contributed by atoms with Crippen LogP contribution in [0.15, 0.2) is 6.20 Å². The summed E-state index contributed by atoms with van der Waals surface area (Å²) in [6.45, 7) is 0. The van der Waals surface area contributed by atoms with Crippen LogP contribution in [0.1, 0.15) is 35.7 Å². The summed E-state index contributed by atoms with van der Waals surface area (Å²) in [5, 5.41) is 8.74. The molecule has 1 aliphatic rings. The molecule has 0 spiro atoms. The molecule has 2 aromatic rings. The first kappa shape index (κ1) is 10.8. The first-order chi connectivity index (χ1) is 8.25. The fourth-order valence-corrected chi connectivity index (χ4v) is 3.68. The number of nitrogens with zero attached hydrogens (tertiary/aromatic N) is 2. The van der Waals surface area contributed by atoms with Crippen LogP contribution >= 0.6 is 11.3 Å². The summed E-state index contributed by atoms with van der Waals surface area (Å²) in [5.74, 6) is 0.146. The molecule has 3 rings (SSSR count). The highest BCUT2D eigenvalue weighted by molar-refractivity contribution is 7.17. The van der Waals surface area contributed by atoms with Crippen LogP contribution < -0.4 is 0 Å². The maximum Gasteiger partial charge on any atom is 0.303 e. The van der Waals surface area contributed by atoms with Gasteiger partial charge in [0.1, 0.15) is 10.7 Å². The van der Waals surface area contributed by atoms with E-state index in [0.717, 1.165) is 17.1 Å². The number of rotatable bonds is 3. The third-order valence-electron chi connectivity index (χ3n) is 3.25. The maximum absolute atomic E-state index is 10.6. The molecule has 2 heterocycles. The number of hydrogen-bond acceptors (Lipinski definition) is 3. The molecule has 0 unspecified atom stereocenters. The molecule has 2 aromatic heterocycles. The minimum atomic E-state index is -0.758. The molecule has 0 aromatic carbocycles. The molecule has 17 heavy (non-hydrogen) atoms. The number of imidazole rings is 1. The van der Waals surface area contributed by atoms with E-state index in [1.165, 1.54) is 29.8 Å². The summed E-state index contributed by atoms with van der Waals surface area (Å²) in [5.41, 5.74) is 1.37. The van der Waals surface area contributed by atoms with Crippen molar-refractivity contribution in [2.75, 3.05) is 0 Å². The second kappa shape index (κ2) is 4.14. The molecule has 0 radical (unpaired) electrons. The number of fused-ring (bicyclic) bond motifs is 3. The SMILES string of the molecule is O=C(O)CCc1ncc2sc3c(n12)CCCC3. The lowest BCUT2D eigenvalue weighted by molar-refractivity contribution is -0.137. The highest BCUT2D eigenvalue weighted by Gasteiger charge is 2.19. The molecule has 5 heteroatoms. The molecule has 0 fully saturated rings. The van der Waals surface area contributed by atoms with E-state index in [0.29, 0.717) is 6.42 Å². The minimum absolute atomic E-state index is 0.156. The molecule has 0 aliphatic heterocycles. The van der Waals surface area contributed by atoms with Gasteiger partial charge in [-0.15, -0.1) is 11.3 Å². The minimum Gasteiger partial charge on any atom is -0.481 e. The number of carboxylic acids is 1. The van der Waals surface area contributed by atoms with E-state index in [9.17, 15) is 4.79 Å². The molecule has 0 atom stereocenters. The van der Waals surface area contributed by atoms with E-state index < -0.39 is 5.97 Å². The fourth-order valence-electron chi connectivity index (χ4n) is 2.46. The lowest BCUT2D eigenvalue weighted by atomic mass is 10.0. The van der Waals surface area contributed by atoms with Crippen molar-refractivity contribution >= 4 is 22.1 Å². The highest BCUT2D eigenvalue weighted by Crippen LogP contribution is 2.31. The molecule has 0 amide bonds. The van der Waals surface area contributed by atoms with E-state index >= 15 is 0 Å². The van der Waals surface area contributed by atoms with Crippen molar-refractivity contribution in [2.45, 2.75) is 38.5 Å². The molecule has 0 bridgehead atoms. The summed E-state index contributed by atoms with van der Waals surface area (Å²) in [6, 6.07) is 0. The van der Waals surface area contributed by atoms with Crippen molar-refractivity contribution in [2.24, 2.45) is 0 Å². The standard InChI is InChI=1S/C12H14N2O2S/c15-12(16)6-5-10-13-7-11-14(10)8-3-1-2-4-9(8)17-11/h7H,1-6H2,(H,15,16). The van der Waals surface area contributed by atoms with Crippen molar-refractivity contribution in [3.63, 3.8) is 0 Å². The molecular formula is C12H14N2O2S. The number of aliphatic carboxylic acids is 1.